The van der Waals surface area contributed by atoms with Crippen molar-refractivity contribution in [3.05, 3.63) is 11.6 Å². The smallest absolute Gasteiger partial charge is 0.0372 e. The minimum absolute atomic E-state index is 0.604. The van der Waals surface area contributed by atoms with Crippen molar-refractivity contribution >= 4 is 11.8 Å². The van der Waals surface area contributed by atoms with Crippen LogP contribution >= 0.6 is 11.8 Å². The molecule has 1 N–H and O–H groups in total. The van der Waals surface area contributed by atoms with Gasteiger partial charge in [-0.2, -0.15) is 11.8 Å². The van der Waals surface area contributed by atoms with Crippen molar-refractivity contribution in [2.75, 3.05) is 12.3 Å². The Morgan fingerprint density at radius 2 is 2.36 bits per heavy atom. The van der Waals surface area contributed by atoms with Gasteiger partial charge in [0.25, 0.3) is 0 Å². The van der Waals surface area contributed by atoms with E-state index < -0.39 is 0 Å². The summed E-state index contributed by atoms with van der Waals surface area (Å²) in [5.74, 6) is 1.35. The Balaban J connectivity index is 2.46. The first kappa shape index (κ1) is 12.1. The van der Waals surface area contributed by atoms with Crippen LogP contribution in [0.3, 0.4) is 0 Å². The Bertz CT molecular complexity index is 179. The van der Waals surface area contributed by atoms with Gasteiger partial charge >= 0.3 is 0 Å². The minimum atomic E-state index is 0.604. The molecule has 2 unspecified atom stereocenters. The van der Waals surface area contributed by atoms with Gasteiger partial charge in [0.1, 0.15) is 0 Å². The molecule has 0 saturated carbocycles. The molecule has 0 amide bonds. The van der Waals surface area contributed by atoms with Gasteiger partial charge in [-0.1, -0.05) is 18.6 Å². The van der Waals surface area contributed by atoms with E-state index in [1.165, 1.54) is 30.6 Å². The summed E-state index contributed by atoms with van der Waals surface area (Å²) in [6, 6.07) is 0.604. The van der Waals surface area contributed by atoms with Crippen LogP contribution in [0.1, 0.15) is 40.0 Å². The van der Waals surface area contributed by atoms with Gasteiger partial charge in [0.2, 0.25) is 0 Å². The second kappa shape index (κ2) is 6.52. The highest BCUT2D eigenvalue weighted by Crippen LogP contribution is 2.29. The highest BCUT2D eigenvalue weighted by Gasteiger charge is 2.23. The monoisotopic (exact) mass is 213 g/mol. The molecule has 1 nitrogen and oxygen atoms in total. The van der Waals surface area contributed by atoms with Crippen LogP contribution in [0.25, 0.3) is 0 Å². The SMILES string of the molecule is CCCNC(C=C(C)C)C1CCCS1. The van der Waals surface area contributed by atoms with Crippen LogP contribution in [0.5, 0.6) is 0 Å². The number of thioether (sulfide) groups is 1. The number of hydrogen-bond donors (Lipinski definition) is 1. The van der Waals surface area contributed by atoms with E-state index >= 15 is 0 Å². The van der Waals surface area contributed by atoms with Gasteiger partial charge in [-0.15, -0.1) is 0 Å². The number of rotatable bonds is 5. The number of allylic oxidation sites excluding steroid dienone is 1. The van der Waals surface area contributed by atoms with Crippen molar-refractivity contribution in [3.63, 3.8) is 0 Å². The number of nitrogens with one attached hydrogen (secondary N) is 1. The summed E-state index contributed by atoms with van der Waals surface area (Å²) in [7, 11) is 0. The van der Waals surface area contributed by atoms with Crippen molar-refractivity contribution in [1.82, 2.24) is 5.32 Å². The third-order valence-electron chi connectivity index (χ3n) is 2.51. The van der Waals surface area contributed by atoms with E-state index in [-0.39, 0.29) is 0 Å². The van der Waals surface area contributed by atoms with E-state index in [4.69, 9.17) is 0 Å². The highest BCUT2D eigenvalue weighted by atomic mass is 32.2. The Morgan fingerprint density at radius 3 is 2.86 bits per heavy atom. The molecule has 1 rings (SSSR count). The zero-order valence-electron chi connectivity index (χ0n) is 9.68. The van der Waals surface area contributed by atoms with Crippen LogP contribution in [-0.4, -0.2) is 23.6 Å². The maximum Gasteiger partial charge on any atom is 0.0372 e. The summed E-state index contributed by atoms with van der Waals surface area (Å²) in [4.78, 5) is 0. The van der Waals surface area contributed by atoms with E-state index in [0.29, 0.717) is 6.04 Å². The van der Waals surface area contributed by atoms with Crippen molar-refractivity contribution in [3.8, 4) is 0 Å². The molecule has 1 heterocycles. The molecule has 0 aromatic carbocycles. The summed E-state index contributed by atoms with van der Waals surface area (Å²) in [5.41, 5.74) is 1.44. The van der Waals surface area contributed by atoms with E-state index in [1.807, 2.05) is 0 Å². The summed E-state index contributed by atoms with van der Waals surface area (Å²) in [6.45, 7) is 7.76. The molecule has 1 aliphatic rings. The van der Waals surface area contributed by atoms with E-state index in [9.17, 15) is 0 Å². The predicted octanol–water partition coefficient (Wildman–Crippen LogP) is 3.22. The molecule has 1 fully saturated rings. The van der Waals surface area contributed by atoms with Crippen LogP contribution < -0.4 is 5.32 Å². The van der Waals surface area contributed by atoms with E-state index in [1.54, 1.807) is 0 Å². The lowest BCUT2D eigenvalue weighted by Gasteiger charge is -2.21. The zero-order chi connectivity index (χ0) is 10.4. The quantitative estimate of drug-likeness (QED) is 0.704. The van der Waals surface area contributed by atoms with Crippen molar-refractivity contribution in [1.29, 1.82) is 0 Å². The Kier molecular flexibility index (Phi) is 5.64. The lowest BCUT2D eigenvalue weighted by Crippen LogP contribution is -2.36. The Hall–Kier alpha value is 0.0500. The Labute approximate surface area is 92.7 Å². The highest BCUT2D eigenvalue weighted by molar-refractivity contribution is 8.00. The van der Waals surface area contributed by atoms with Gasteiger partial charge in [-0.05, 0) is 45.4 Å². The molecule has 2 heteroatoms. The minimum Gasteiger partial charge on any atom is -0.309 e. The van der Waals surface area contributed by atoms with E-state index in [2.05, 4.69) is 43.9 Å². The molecular weight excluding hydrogens is 190 g/mol. The van der Waals surface area contributed by atoms with Crippen molar-refractivity contribution in [2.24, 2.45) is 0 Å². The fourth-order valence-corrected chi connectivity index (χ4v) is 3.21. The van der Waals surface area contributed by atoms with E-state index in [0.717, 1.165) is 11.8 Å². The second-order valence-corrected chi connectivity index (χ2v) is 5.62. The molecule has 0 aliphatic carbocycles. The normalized spacial score (nSPS) is 23.5. The van der Waals surface area contributed by atoms with Gasteiger partial charge in [0.15, 0.2) is 0 Å². The Morgan fingerprint density at radius 1 is 1.57 bits per heavy atom. The van der Waals surface area contributed by atoms with Crippen LogP contribution in [0.4, 0.5) is 0 Å². The molecule has 1 saturated heterocycles. The first-order valence-electron chi connectivity index (χ1n) is 5.74. The maximum absolute atomic E-state index is 3.65. The van der Waals surface area contributed by atoms with Crippen LogP contribution in [0, 0.1) is 0 Å². The van der Waals surface area contributed by atoms with Gasteiger partial charge < -0.3 is 5.32 Å². The van der Waals surface area contributed by atoms with Gasteiger partial charge in [0, 0.05) is 11.3 Å². The van der Waals surface area contributed by atoms with Gasteiger partial charge in [-0.25, -0.2) is 0 Å². The molecule has 0 spiro atoms. The van der Waals surface area contributed by atoms with Gasteiger partial charge in [-0.3, -0.25) is 0 Å². The standard InChI is InChI=1S/C12H23NS/c1-4-7-13-11(9-10(2)3)12-6-5-8-14-12/h9,11-13H,4-8H2,1-3H3. The van der Waals surface area contributed by atoms with Crippen molar-refractivity contribution in [2.45, 2.75) is 51.3 Å². The fourth-order valence-electron chi connectivity index (χ4n) is 1.85. The lowest BCUT2D eigenvalue weighted by atomic mass is 10.1. The fraction of sp³-hybridized carbons (Fsp3) is 0.833. The molecule has 82 valence electrons. The molecule has 0 aromatic heterocycles. The third-order valence-corrected chi connectivity index (χ3v) is 3.99. The largest absolute Gasteiger partial charge is 0.309 e. The lowest BCUT2D eigenvalue weighted by molar-refractivity contribution is 0.553. The van der Waals surface area contributed by atoms with Gasteiger partial charge in [0.05, 0.1) is 0 Å². The zero-order valence-corrected chi connectivity index (χ0v) is 10.5. The predicted molar refractivity (Wildman–Crippen MR) is 67.0 cm³/mol. The maximum atomic E-state index is 3.65. The van der Waals surface area contributed by atoms with Crippen LogP contribution in [0.15, 0.2) is 11.6 Å². The summed E-state index contributed by atoms with van der Waals surface area (Å²) >= 11 is 2.14. The molecule has 14 heavy (non-hydrogen) atoms. The molecule has 2 atom stereocenters. The summed E-state index contributed by atoms with van der Waals surface area (Å²) in [5, 5.41) is 4.46. The molecule has 0 radical (unpaired) electrons. The molecule has 0 aromatic rings. The summed E-state index contributed by atoms with van der Waals surface area (Å²) in [6.07, 6.45) is 6.41. The average Bonchev–Trinajstić information content (AvgIpc) is 2.64. The van der Waals surface area contributed by atoms with Crippen LogP contribution in [-0.2, 0) is 0 Å². The molecular formula is C12H23NS. The van der Waals surface area contributed by atoms with Crippen molar-refractivity contribution < 1.29 is 0 Å². The van der Waals surface area contributed by atoms with Crippen LogP contribution in [0.2, 0.25) is 0 Å². The first-order valence-corrected chi connectivity index (χ1v) is 6.79. The topological polar surface area (TPSA) is 12.0 Å². The number of hydrogen-bond acceptors (Lipinski definition) is 2. The first-order chi connectivity index (χ1) is 6.74. The second-order valence-electron chi connectivity index (χ2n) is 4.28. The molecule has 1 aliphatic heterocycles. The third kappa shape index (κ3) is 4.05. The molecule has 0 bridgehead atoms. The summed E-state index contributed by atoms with van der Waals surface area (Å²) < 4.78 is 0. The average molecular weight is 213 g/mol.